The molecule has 0 spiro atoms. The topological polar surface area (TPSA) is 44.2 Å². The second kappa shape index (κ2) is 11.0. The van der Waals surface area contributed by atoms with E-state index in [-0.39, 0.29) is 0 Å². The van der Waals surface area contributed by atoms with E-state index in [1.54, 1.807) is 14.2 Å². The first-order chi connectivity index (χ1) is 13.8. The zero-order chi connectivity index (χ0) is 19.6. The van der Waals surface area contributed by atoms with Crippen molar-refractivity contribution in [2.75, 3.05) is 14.2 Å². The van der Waals surface area contributed by atoms with Gasteiger partial charge in [0.05, 0.1) is 14.2 Å². The summed E-state index contributed by atoms with van der Waals surface area (Å²) < 4.78 is 11.2. The predicted octanol–water partition coefficient (Wildman–Crippen LogP) is 5.50. The van der Waals surface area contributed by atoms with E-state index in [4.69, 9.17) is 9.47 Å². The molecule has 0 saturated heterocycles. The minimum atomic E-state index is 1.01. The Morgan fingerprint density at radius 1 is 0.571 bits per heavy atom. The summed E-state index contributed by atoms with van der Waals surface area (Å²) in [7, 11) is 3.54. The second-order valence-corrected chi connectivity index (χ2v) is 7.71. The fourth-order valence-electron chi connectivity index (χ4n) is 4.28. The van der Waals surface area contributed by atoms with Gasteiger partial charge in [0.2, 0.25) is 0 Å². The third-order valence-electron chi connectivity index (χ3n) is 5.82. The molecule has 0 aromatic carbocycles. The van der Waals surface area contributed by atoms with Crippen LogP contribution in [0.15, 0.2) is 24.5 Å². The first kappa shape index (κ1) is 20.6. The number of hydrogen-bond donors (Lipinski definition) is 0. The fourth-order valence-corrected chi connectivity index (χ4v) is 4.28. The van der Waals surface area contributed by atoms with Crippen molar-refractivity contribution < 1.29 is 9.47 Å². The van der Waals surface area contributed by atoms with Gasteiger partial charge in [0.25, 0.3) is 0 Å². The molecule has 0 atom stereocenters. The highest BCUT2D eigenvalue weighted by molar-refractivity contribution is 5.37. The number of aryl methyl sites for hydroxylation is 2. The highest BCUT2D eigenvalue weighted by atomic mass is 16.5. The smallest absolute Gasteiger partial charge is 0.125 e. The SMILES string of the molecule is COc1ccnc2c1CCCCCCc1nccc(OC)c1CCCCCC2. The number of aromatic nitrogens is 2. The normalized spacial score (nSPS) is 16.6. The molecule has 0 saturated carbocycles. The Morgan fingerprint density at radius 2 is 0.964 bits per heavy atom. The Kier molecular flexibility index (Phi) is 8.13. The van der Waals surface area contributed by atoms with E-state index in [0.29, 0.717) is 0 Å². The number of methoxy groups -OCH3 is 2. The van der Waals surface area contributed by atoms with Gasteiger partial charge in [-0.25, -0.2) is 0 Å². The maximum absolute atomic E-state index is 5.62. The summed E-state index contributed by atoms with van der Waals surface area (Å²) >= 11 is 0. The van der Waals surface area contributed by atoms with E-state index in [1.165, 1.54) is 73.9 Å². The van der Waals surface area contributed by atoms with Crippen LogP contribution in [0.4, 0.5) is 0 Å². The Labute approximate surface area is 169 Å². The molecule has 0 radical (unpaired) electrons. The van der Waals surface area contributed by atoms with Gasteiger partial charge in [0.15, 0.2) is 0 Å². The largest absolute Gasteiger partial charge is 0.496 e. The minimum Gasteiger partial charge on any atom is -0.496 e. The van der Waals surface area contributed by atoms with Gasteiger partial charge in [-0.05, 0) is 63.5 Å². The first-order valence-corrected chi connectivity index (χ1v) is 10.8. The van der Waals surface area contributed by atoms with Crippen LogP contribution < -0.4 is 9.47 Å². The van der Waals surface area contributed by atoms with Crippen LogP contribution >= 0.6 is 0 Å². The van der Waals surface area contributed by atoms with Crippen LogP contribution in [-0.2, 0) is 25.7 Å². The number of fused-ring (bicyclic) bond motifs is 2. The highest BCUT2D eigenvalue weighted by Crippen LogP contribution is 2.27. The van der Waals surface area contributed by atoms with Gasteiger partial charge >= 0.3 is 0 Å². The lowest BCUT2D eigenvalue weighted by Gasteiger charge is -2.15. The van der Waals surface area contributed by atoms with Gasteiger partial charge in [0.1, 0.15) is 11.5 Å². The van der Waals surface area contributed by atoms with Crippen LogP contribution in [0.5, 0.6) is 11.5 Å². The van der Waals surface area contributed by atoms with Crippen molar-refractivity contribution in [1.29, 1.82) is 0 Å². The van der Waals surface area contributed by atoms with Gasteiger partial charge in [-0.2, -0.15) is 0 Å². The molecular weight excluding hydrogens is 348 g/mol. The predicted molar refractivity (Wildman–Crippen MR) is 113 cm³/mol. The third kappa shape index (κ3) is 5.46. The molecule has 1 aliphatic rings. The molecule has 4 heteroatoms. The van der Waals surface area contributed by atoms with Crippen LogP contribution in [-0.4, -0.2) is 24.2 Å². The van der Waals surface area contributed by atoms with Crippen LogP contribution in [0.2, 0.25) is 0 Å². The van der Waals surface area contributed by atoms with E-state index in [9.17, 15) is 0 Å². The molecular formula is C24H34N2O2. The van der Waals surface area contributed by atoms with Crippen molar-refractivity contribution in [3.63, 3.8) is 0 Å². The zero-order valence-corrected chi connectivity index (χ0v) is 17.5. The van der Waals surface area contributed by atoms with Crippen molar-refractivity contribution in [1.82, 2.24) is 9.97 Å². The summed E-state index contributed by atoms with van der Waals surface area (Å²) in [5.74, 6) is 2.02. The average molecular weight is 383 g/mol. The first-order valence-electron chi connectivity index (χ1n) is 10.8. The van der Waals surface area contributed by atoms with Crippen LogP contribution in [0, 0.1) is 0 Å². The van der Waals surface area contributed by atoms with Crippen molar-refractivity contribution >= 4 is 0 Å². The lowest BCUT2D eigenvalue weighted by atomic mass is 9.97. The van der Waals surface area contributed by atoms with E-state index in [2.05, 4.69) is 9.97 Å². The molecule has 28 heavy (non-hydrogen) atoms. The summed E-state index contributed by atoms with van der Waals surface area (Å²) in [6, 6.07) is 4.01. The van der Waals surface area contributed by atoms with E-state index >= 15 is 0 Å². The molecule has 152 valence electrons. The molecule has 2 heterocycles. The molecule has 2 aromatic heterocycles. The van der Waals surface area contributed by atoms with Gasteiger partial charge in [-0.3, -0.25) is 9.97 Å². The number of rotatable bonds is 2. The maximum Gasteiger partial charge on any atom is 0.125 e. The Morgan fingerprint density at radius 3 is 1.36 bits per heavy atom. The number of hydrogen-bond acceptors (Lipinski definition) is 4. The Balaban J connectivity index is 1.69. The van der Waals surface area contributed by atoms with Gasteiger partial charge in [-0.1, -0.05) is 25.7 Å². The van der Waals surface area contributed by atoms with Gasteiger partial charge in [0, 0.05) is 34.9 Å². The molecule has 0 fully saturated rings. The Hall–Kier alpha value is -2.10. The van der Waals surface area contributed by atoms with Crippen molar-refractivity contribution in [3.05, 3.63) is 47.0 Å². The molecule has 0 bridgehead atoms. The van der Waals surface area contributed by atoms with Crippen LogP contribution in [0.3, 0.4) is 0 Å². The second-order valence-electron chi connectivity index (χ2n) is 7.71. The maximum atomic E-state index is 5.62. The van der Waals surface area contributed by atoms with Crippen molar-refractivity contribution in [2.45, 2.75) is 77.0 Å². The van der Waals surface area contributed by atoms with Crippen LogP contribution in [0.25, 0.3) is 0 Å². The fraction of sp³-hybridized carbons (Fsp3) is 0.583. The number of ether oxygens (including phenoxy) is 2. The zero-order valence-electron chi connectivity index (χ0n) is 17.5. The molecule has 3 rings (SSSR count). The van der Waals surface area contributed by atoms with Crippen molar-refractivity contribution in [3.8, 4) is 11.5 Å². The number of pyridine rings is 2. The van der Waals surface area contributed by atoms with Crippen molar-refractivity contribution in [2.24, 2.45) is 0 Å². The summed E-state index contributed by atoms with van der Waals surface area (Å²) in [5.41, 5.74) is 5.13. The van der Waals surface area contributed by atoms with Gasteiger partial charge in [-0.15, -0.1) is 0 Å². The summed E-state index contributed by atoms with van der Waals surface area (Å²) in [4.78, 5) is 9.36. The van der Waals surface area contributed by atoms with Gasteiger partial charge < -0.3 is 9.47 Å². The monoisotopic (exact) mass is 382 g/mol. The Bertz CT molecular complexity index is 682. The third-order valence-corrected chi connectivity index (χ3v) is 5.82. The number of nitrogens with zero attached hydrogens (tertiary/aromatic N) is 2. The molecule has 0 N–H and O–H groups in total. The van der Waals surface area contributed by atoms with E-state index < -0.39 is 0 Å². The molecule has 1 aliphatic carbocycles. The van der Waals surface area contributed by atoms with E-state index in [0.717, 1.165) is 37.2 Å². The molecule has 2 aromatic rings. The highest BCUT2D eigenvalue weighted by Gasteiger charge is 2.13. The lowest BCUT2D eigenvalue weighted by Crippen LogP contribution is -2.04. The van der Waals surface area contributed by atoms with E-state index in [1.807, 2.05) is 24.5 Å². The molecule has 0 unspecified atom stereocenters. The minimum absolute atomic E-state index is 1.01. The average Bonchev–Trinajstić information content (AvgIpc) is 2.73. The van der Waals surface area contributed by atoms with Crippen LogP contribution in [0.1, 0.15) is 73.9 Å². The molecule has 0 aliphatic heterocycles. The lowest BCUT2D eigenvalue weighted by molar-refractivity contribution is 0.405. The standard InChI is InChI=1S/C24H34N2O2/c1-27-23-15-17-25-21-13-9-6-4-8-12-20-22(26-18-16-24(20)28-2)14-10-5-3-7-11-19(21)23/h15-18H,3-14H2,1-2H3. The summed E-state index contributed by atoms with van der Waals surface area (Å²) in [6.07, 6.45) is 17.7. The summed E-state index contributed by atoms with van der Waals surface area (Å²) in [6.45, 7) is 0. The molecule has 0 amide bonds. The summed E-state index contributed by atoms with van der Waals surface area (Å²) in [5, 5.41) is 0. The molecule has 4 nitrogen and oxygen atoms in total. The quantitative estimate of drug-likeness (QED) is 0.688.